The highest BCUT2D eigenvalue weighted by molar-refractivity contribution is 7.89. The summed E-state index contributed by atoms with van der Waals surface area (Å²) in [6.45, 7) is 5.03. The molecule has 0 heterocycles. The van der Waals surface area contributed by atoms with Crippen molar-refractivity contribution in [3.63, 3.8) is 0 Å². The van der Waals surface area contributed by atoms with Crippen LogP contribution < -0.4 is 5.32 Å². The maximum absolute atomic E-state index is 13.7. The summed E-state index contributed by atoms with van der Waals surface area (Å²) in [5.74, 6) is -1.19. The van der Waals surface area contributed by atoms with E-state index in [0.717, 1.165) is 25.7 Å². The summed E-state index contributed by atoms with van der Waals surface area (Å²) in [6, 6.07) is 11.7. The molecule has 2 rings (SSSR count). The zero-order chi connectivity index (χ0) is 20.6. The number of rotatable bonds is 10. The first-order valence-corrected chi connectivity index (χ1v) is 11.0. The summed E-state index contributed by atoms with van der Waals surface area (Å²) in [7, 11) is -3.59. The normalized spacial score (nSPS) is 11.6. The van der Waals surface area contributed by atoms with E-state index in [1.165, 1.54) is 46.8 Å². The molecule has 0 aromatic heterocycles. The summed E-state index contributed by atoms with van der Waals surface area (Å²) in [5, 5.41) is 2.59. The number of carbonyl (C=O) groups excluding carboxylic acids is 1. The number of unbranched alkanes of at least 4 members (excludes halogenated alkanes) is 2. The SMILES string of the molecule is CCCCN(CCCC)S(=O)(=O)c1ccc(NC(=O)c2ccccc2F)cc1. The lowest BCUT2D eigenvalue weighted by atomic mass is 10.2. The Kier molecular flexibility index (Phi) is 8.14. The minimum absolute atomic E-state index is 0.0653. The number of hydrogen-bond acceptors (Lipinski definition) is 3. The van der Waals surface area contributed by atoms with Crippen LogP contribution in [0.2, 0.25) is 0 Å². The Bertz CT molecular complexity index is 875. The van der Waals surface area contributed by atoms with Gasteiger partial charge in [0.25, 0.3) is 5.91 Å². The first-order valence-electron chi connectivity index (χ1n) is 9.56. The van der Waals surface area contributed by atoms with Gasteiger partial charge in [0.2, 0.25) is 10.0 Å². The second-order valence-corrected chi connectivity index (χ2v) is 8.51. The smallest absolute Gasteiger partial charge is 0.258 e. The maximum atomic E-state index is 13.7. The number of anilines is 1. The summed E-state index contributed by atoms with van der Waals surface area (Å²) in [4.78, 5) is 12.4. The van der Waals surface area contributed by atoms with E-state index in [9.17, 15) is 17.6 Å². The summed E-state index contributed by atoms with van der Waals surface area (Å²) in [6.07, 6.45) is 3.44. The monoisotopic (exact) mass is 406 g/mol. The number of carbonyl (C=O) groups is 1. The van der Waals surface area contributed by atoms with Gasteiger partial charge in [0.1, 0.15) is 5.82 Å². The molecule has 0 unspecified atom stereocenters. The molecule has 1 N–H and O–H groups in total. The maximum Gasteiger partial charge on any atom is 0.258 e. The zero-order valence-electron chi connectivity index (χ0n) is 16.3. The highest BCUT2D eigenvalue weighted by atomic mass is 32.2. The van der Waals surface area contributed by atoms with Gasteiger partial charge in [-0.2, -0.15) is 4.31 Å². The number of nitrogens with zero attached hydrogens (tertiary/aromatic N) is 1. The highest BCUT2D eigenvalue weighted by Crippen LogP contribution is 2.20. The molecule has 0 aliphatic rings. The fourth-order valence-electron chi connectivity index (χ4n) is 2.72. The van der Waals surface area contributed by atoms with Gasteiger partial charge >= 0.3 is 0 Å². The molecule has 0 bridgehead atoms. The van der Waals surface area contributed by atoms with Crippen molar-refractivity contribution in [3.05, 3.63) is 59.9 Å². The molecule has 0 saturated carbocycles. The van der Waals surface area contributed by atoms with E-state index in [4.69, 9.17) is 0 Å². The van der Waals surface area contributed by atoms with E-state index in [-0.39, 0.29) is 10.5 Å². The average molecular weight is 407 g/mol. The number of sulfonamides is 1. The predicted molar refractivity (Wildman–Crippen MR) is 109 cm³/mol. The summed E-state index contributed by atoms with van der Waals surface area (Å²) < 4.78 is 41.1. The van der Waals surface area contributed by atoms with Crippen molar-refractivity contribution in [1.29, 1.82) is 0 Å². The van der Waals surface area contributed by atoms with E-state index >= 15 is 0 Å². The van der Waals surface area contributed by atoms with Gasteiger partial charge in [0, 0.05) is 18.8 Å². The van der Waals surface area contributed by atoms with Crippen molar-refractivity contribution in [2.24, 2.45) is 0 Å². The van der Waals surface area contributed by atoms with Gasteiger partial charge in [-0.25, -0.2) is 12.8 Å². The lowest BCUT2D eigenvalue weighted by Gasteiger charge is -2.22. The van der Waals surface area contributed by atoms with E-state index in [1.807, 2.05) is 13.8 Å². The number of amides is 1. The third-order valence-electron chi connectivity index (χ3n) is 4.39. The van der Waals surface area contributed by atoms with E-state index in [0.29, 0.717) is 18.8 Å². The van der Waals surface area contributed by atoms with Crippen LogP contribution in [-0.2, 0) is 10.0 Å². The Hall–Kier alpha value is -2.25. The van der Waals surface area contributed by atoms with Gasteiger partial charge in [-0.1, -0.05) is 38.8 Å². The van der Waals surface area contributed by atoms with Crippen LogP contribution in [0.1, 0.15) is 49.9 Å². The van der Waals surface area contributed by atoms with Crippen LogP contribution in [0.25, 0.3) is 0 Å². The quantitative estimate of drug-likeness (QED) is 0.624. The Morgan fingerprint density at radius 3 is 2.07 bits per heavy atom. The van der Waals surface area contributed by atoms with Crippen molar-refractivity contribution in [2.45, 2.75) is 44.4 Å². The van der Waals surface area contributed by atoms with E-state index in [1.54, 1.807) is 6.07 Å². The minimum Gasteiger partial charge on any atom is -0.322 e. The molecule has 0 aliphatic carbocycles. The lowest BCUT2D eigenvalue weighted by Crippen LogP contribution is -2.33. The number of halogens is 1. The van der Waals surface area contributed by atoms with Crippen LogP contribution in [0.5, 0.6) is 0 Å². The van der Waals surface area contributed by atoms with Crippen molar-refractivity contribution >= 4 is 21.6 Å². The predicted octanol–water partition coefficient (Wildman–Crippen LogP) is 4.67. The molecule has 2 aromatic carbocycles. The Morgan fingerprint density at radius 1 is 0.964 bits per heavy atom. The van der Waals surface area contributed by atoms with Gasteiger partial charge in [0.15, 0.2) is 0 Å². The molecule has 0 aliphatic heterocycles. The molecule has 0 radical (unpaired) electrons. The van der Waals surface area contributed by atoms with Crippen molar-refractivity contribution in [1.82, 2.24) is 4.31 Å². The lowest BCUT2D eigenvalue weighted by molar-refractivity contribution is 0.102. The fourth-order valence-corrected chi connectivity index (χ4v) is 4.24. The molecule has 0 fully saturated rings. The topological polar surface area (TPSA) is 66.5 Å². The fraction of sp³-hybridized carbons (Fsp3) is 0.381. The first kappa shape index (κ1) is 22.0. The number of nitrogens with one attached hydrogen (secondary N) is 1. The zero-order valence-corrected chi connectivity index (χ0v) is 17.1. The number of benzene rings is 2. The van der Waals surface area contributed by atoms with Crippen LogP contribution in [0, 0.1) is 5.82 Å². The summed E-state index contributed by atoms with van der Waals surface area (Å²) in [5.41, 5.74) is 0.338. The Balaban J connectivity index is 2.15. The highest BCUT2D eigenvalue weighted by Gasteiger charge is 2.23. The van der Waals surface area contributed by atoms with Crippen LogP contribution in [-0.4, -0.2) is 31.7 Å². The van der Waals surface area contributed by atoms with Crippen LogP contribution >= 0.6 is 0 Å². The van der Waals surface area contributed by atoms with Crippen molar-refractivity contribution in [2.75, 3.05) is 18.4 Å². The average Bonchev–Trinajstić information content (AvgIpc) is 2.68. The van der Waals surface area contributed by atoms with Crippen LogP contribution in [0.3, 0.4) is 0 Å². The Morgan fingerprint density at radius 2 is 1.54 bits per heavy atom. The molecule has 0 spiro atoms. The minimum atomic E-state index is -3.59. The molecule has 1 amide bonds. The largest absolute Gasteiger partial charge is 0.322 e. The van der Waals surface area contributed by atoms with Gasteiger partial charge in [-0.15, -0.1) is 0 Å². The second kappa shape index (κ2) is 10.3. The van der Waals surface area contributed by atoms with Gasteiger partial charge in [-0.3, -0.25) is 4.79 Å². The molecule has 0 saturated heterocycles. The molecule has 2 aromatic rings. The Labute approximate surface area is 166 Å². The summed E-state index contributed by atoms with van der Waals surface area (Å²) >= 11 is 0. The van der Waals surface area contributed by atoms with E-state index in [2.05, 4.69) is 5.32 Å². The van der Waals surface area contributed by atoms with Gasteiger partial charge < -0.3 is 5.32 Å². The van der Waals surface area contributed by atoms with Crippen molar-refractivity contribution in [3.8, 4) is 0 Å². The molecule has 0 atom stereocenters. The number of hydrogen-bond donors (Lipinski definition) is 1. The molecule has 28 heavy (non-hydrogen) atoms. The van der Waals surface area contributed by atoms with E-state index < -0.39 is 21.7 Å². The molecular weight excluding hydrogens is 379 g/mol. The van der Waals surface area contributed by atoms with Gasteiger partial charge in [-0.05, 0) is 49.2 Å². The first-order chi connectivity index (χ1) is 13.4. The standard InChI is InChI=1S/C21H27FN2O3S/c1-3-5-15-24(16-6-4-2)28(26,27)18-13-11-17(12-14-18)23-21(25)19-9-7-8-10-20(19)22/h7-14H,3-6,15-16H2,1-2H3,(H,23,25). The third-order valence-corrected chi connectivity index (χ3v) is 6.30. The van der Waals surface area contributed by atoms with Gasteiger partial charge in [0.05, 0.1) is 10.5 Å². The van der Waals surface area contributed by atoms with Crippen LogP contribution in [0.4, 0.5) is 10.1 Å². The molecule has 7 heteroatoms. The third kappa shape index (κ3) is 5.62. The molecule has 5 nitrogen and oxygen atoms in total. The van der Waals surface area contributed by atoms with Crippen molar-refractivity contribution < 1.29 is 17.6 Å². The molecule has 152 valence electrons. The van der Waals surface area contributed by atoms with Crippen LogP contribution in [0.15, 0.2) is 53.4 Å². The molecular formula is C21H27FN2O3S. The second-order valence-electron chi connectivity index (χ2n) is 6.57.